The van der Waals surface area contributed by atoms with Crippen molar-refractivity contribution in [1.82, 2.24) is 0 Å². The molecule has 16 heavy (non-hydrogen) atoms. The van der Waals surface area contributed by atoms with E-state index >= 15 is 0 Å². The van der Waals surface area contributed by atoms with Crippen molar-refractivity contribution in [2.75, 3.05) is 0 Å². The average Bonchev–Trinajstić information content (AvgIpc) is 2.63. The number of hydrogen-bond donors (Lipinski definition) is 0. The molecule has 1 aromatic rings. The predicted molar refractivity (Wildman–Crippen MR) is 64.3 cm³/mol. The second kappa shape index (κ2) is 9.20. The first-order chi connectivity index (χ1) is 7.27. The van der Waals surface area contributed by atoms with Crippen LogP contribution in [0.15, 0.2) is 41.1 Å². The summed E-state index contributed by atoms with van der Waals surface area (Å²) in [4.78, 5) is 0. The SMILES string of the molecule is C=[C-]C(=C/c1ccoc1C)/C=C/CCC.[K+]. The third kappa shape index (κ3) is 5.46. The van der Waals surface area contributed by atoms with Gasteiger partial charge in [-0.1, -0.05) is 13.3 Å². The zero-order chi connectivity index (χ0) is 11.1. The van der Waals surface area contributed by atoms with Crippen LogP contribution in [0.2, 0.25) is 0 Å². The Morgan fingerprint density at radius 2 is 2.31 bits per heavy atom. The molecule has 0 spiro atoms. The van der Waals surface area contributed by atoms with Crippen molar-refractivity contribution >= 4 is 6.08 Å². The van der Waals surface area contributed by atoms with E-state index in [1.54, 1.807) is 6.26 Å². The van der Waals surface area contributed by atoms with Crippen molar-refractivity contribution < 1.29 is 55.8 Å². The van der Waals surface area contributed by atoms with Gasteiger partial charge in [-0.05, 0) is 25.0 Å². The van der Waals surface area contributed by atoms with Crippen molar-refractivity contribution in [2.45, 2.75) is 26.7 Å². The van der Waals surface area contributed by atoms with Gasteiger partial charge in [0.2, 0.25) is 0 Å². The van der Waals surface area contributed by atoms with Crippen molar-refractivity contribution in [3.05, 3.63) is 54.0 Å². The molecular weight excluding hydrogens is 223 g/mol. The summed E-state index contributed by atoms with van der Waals surface area (Å²) in [7, 11) is 0. The van der Waals surface area contributed by atoms with Gasteiger partial charge in [-0.25, -0.2) is 0 Å². The molecule has 0 saturated carbocycles. The van der Waals surface area contributed by atoms with E-state index in [1.807, 2.05) is 25.1 Å². The molecule has 1 rings (SSSR count). The molecule has 0 radical (unpaired) electrons. The first-order valence-electron chi connectivity index (χ1n) is 5.23. The summed E-state index contributed by atoms with van der Waals surface area (Å²) in [6.45, 7) is 7.78. The molecule has 80 valence electrons. The molecule has 0 fully saturated rings. The summed E-state index contributed by atoms with van der Waals surface area (Å²) in [5, 5.41) is 0. The fourth-order valence-corrected chi connectivity index (χ4v) is 1.25. The summed E-state index contributed by atoms with van der Waals surface area (Å²) in [5.74, 6) is 0.923. The molecule has 0 bridgehead atoms. The summed E-state index contributed by atoms with van der Waals surface area (Å²) in [5.41, 5.74) is 2.08. The average molecular weight is 240 g/mol. The fraction of sp³-hybridized carbons (Fsp3) is 0.286. The molecule has 0 unspecified atom stereocenters. The van der Waals surface area contributed by atoms with Crippen LogP contribution in [0.1, 0.15) is 31.1 Å². The van der Waals surface area contributed by atoms with Crippen molar-refractivity contribution in [3.8, 4) is 0 Å². The molecule has 0 amide bonds. The molecule has 0 aliphatic heterocycles. The summed E-state index contributed by atoms with van der Waals surface area (Å²) >= 11 is 0. The molecular formula is C14H17KO. The normalized spacial score (nSPS) is 11.5. The van der Waals surface area contributed by atoms with Gasteiger partial charge >= 0.3 is 51.4 Å². The minimum absolute atomic E-state index is 0. The van der Waals surface area contributed by atoms with E-state index in [4.69, 9.17) is 4.42 Å². The van der Waals surface area contributed by atoms with Crippen LogP contribution >= 0.6 is 0 Å². The van der Waals surface area contributed by atoms with Gasteiger partial charge in [-0.3, -0.25) is 0 Å². The zero-order valence-electron chi connectivity index (χ0n) is 10.4. The Morgan fingerprint density at radius 3 is 2.81 bits per heavy atom. The quantitative estimate of drug-likeness (QED) is 0.430. The van der Waals surface area contributed by atoms with Crippen LogP contribution in [-0.4, -0.2) is 0 Å². The molecule has 0 aromatic carbocycles. The van der Waals surface area contributed by atoms with Gasteiger partial charge in [-0.2, -0.15) is 30.4 Å². The maximum Gasteiger partial charge on any atom is 1.00 e. The van der Waals surface area contributed by atoms with Gasteiger partial charge in [0.05, 0.1) is 12.0 Å². The van der Waals surface area contributed by atoms with E-state index in [0.29, 0.717) is 0 Å². The smallest absolute Gasteiger partial charge is 0.470 e. The first-order valence-corrected chi connectivity index (χ1v) is 5.23. The Kier molecular flexibility index (Phi) is 9.27. The standard InChI is InChI=1S/C14H17O.K/c1-4-6-7-8-13(5-2)11-14-9-10-15-12(14)3;/h7-11H,2,4,6H2,1,3H3;/q-1;+1/b8-7+,13-11-;. The molecule has 1 heterocycles. The number of hydrogen-bond acceptors (Lipinski definition) is 1. The predicted octanol–water partition coefficient (Wildman–Crippen LogP) is 1.32. The van der Waals surface area contributed by atoms with Gasteiger partial charge in [0.15, 0.2) is 0 Å². The third-order valence-electron chi connectivity index (χ3n) is 2.17. The maximum absolute atomic E-state index is 5.22. The van der Waals surface area contributed by atoms with Crippen LogP contribution in [-0.2, 0) is 0 Å². The van der Waals surface area contributed by atoms with Gasteiger partial charge in [0, 0.05) is 0 Å². The Labute approximate surface area is 141 Å². The van der Waals surface area contributed by atoms with Crippen LogP contribution in [0.5, 0.6) is 0 Å². The summed E-state index contributed by atoms with van der Waals surface area (Å²) < 4.78 is 5.22. The van der Waals surface area contributed by atoms with Crippen molar-refractivity contribution in [3.63, 3.8) is 0 Å². The van der Waals surface area contributed by atoms with Crippen LogP contribution < -0.4 is 51.4 Å². The Hall–Kier alpha value is 0.136. The Morgan fingerprint density at radius 1 is 1.56 bits per heavy atom. The maximum atomic E-state index is 5.22. The van der Waals surface area contributed by atoms with E-state index in [2.05, 4.69) is 25.7 Å². The number of aryl methyl sites for hydroxylation is 1. The molecule has 0 saturated heterocycles. The minimum Gasteiger partial charge on any atom is -0.470 e. The molecule has 0 aliphatic rings. The zero-order valence-corrected chi connectivity index (χ0v) is 13.5. The summed E-state index contributed by atoms with van der Waals surface area (Å²) in [6.07, 6.45) is 13.1. The van der Waals surface area contributed by atoms with Crippen LogP contribution in [0.3, 0.4) is 0 Å². The second-order valence-electron chi connectivity index (χ2n) is 3.40. The second-order valence-corrected chi connectivity index (χ2v) is 3.40. The molecule has 0 atom stereocenters. The number of rotatable bonds is 5. The fourth-order valence-electron chi connectivity index (χ4n) is 1.25. The van der Waals surface area contributed by atoms with E-state index in [9.17, 15) is 0 Å². The number of unbranched alkanes of at least 4 members (excludes halogenated alkanes) is 1. The van der Waals surface area contributed by atoms with Crippen molar-refractivity contribution in [1.29, 1.82) is 0 Å². The molecule has 2 heteroatoms. The monoisotopic (exact) mass is 240 g/mol. The van der Waals surface area contributed by atoms with E-state index in [1.165, 1.54) is 0 Å². The minimum atomic E-state index is 0. The Balaban J connectivity index is 0.00000225. The van der Waals surface area contributed by atoms with Gasteiger partial charge in [-0.15, -0.1) is 6.08 Å². The van der Waals surface area contributed by atoms with Crippen molar-refractivity contribution in [2.24, 2.45) is 0 Å². The third-order valence-corrected chi connectivity index (χ3v) is 2.17. The van der Waals surface area contributed by atoms with Gasteiger partial charge in [0.1, 0.15) is 0 Å². The van der Waals surface area contributed by atoms with E-state index in [-0.39, 0.29) is 51.4 Å². The topological polar surface area (TPSA) is 13.1 Å². The van der Waals surface area contributed by atoms with E-state index < -0.39 is 0 Å². The number of allylic oxidation sites excluding steroid dienone is 4. The van der Waals surface area contributed by atoms with Crippen LogP contribution in [0.4, 0.5) is 0 Å². The van der Waals surface area contributed by atoms with Crippen LogP contribution in [0, 0.1) is 13.0 Å². The summed E-state index contributed by atoms with van der Waals surface area (Å²) in [6, 6.07) is 1.94. The van der Waals surface area contributed by atoms with Gasteiger partial charge < -0.3 is 4.42 Å². The molecule has 0 N–H and O–H groups in total. The van der Waals surface area contributed by atoms with Crippen LogP contribution in [0.25, 0.3) is 6.08 Å². The van der Waals surface area contributed by atoms with E-state index in [0.717, 1.165) is 29.7 Å². The largest absolute Gasteiger partial charge is 1.00 e. The molecule has 1 nitrogen and oxygen atoms in total. The van der Waals surface area contributed by atoms with Gasteiger partial charge in [0.25, 0.3) is 0 Å². The molecule has 1 aromatic heterocycles. The molecule has 0 aliphatic carbocycles. The Bertz CT molecular complexity index is 372. The first kappa shape index (κ1) is 16.1. The number of furan rings is 1.